The van der Waals surface area contributed by atoms with Crippen LogP contribution in [-0.4, -0.2) is 36.8 Å². The molecule has 1 aliphatic heterocycles. The van der Waals surface area contributed by atoms with Crippen molar-refractivity contribution in [2.75, 3.05) is 13.1 Å². The van der Waals surface area contributed by atoms with E-state index in [-0.39, 0.29) is 30.0 Å². The predicted molar refractivity (Wildman–Crippen MR) is 102 cm³/mol. The standard InChI is InChI=1S/C16H24N4O2.HI/c1-16(2,3)22-15(21)20-13-10-18-14(19-11-13)17-9-12-7-5-4-6-8-12;/h4-8,13H,9-11H2,1-3H3,(H,20,21)(H2,17,18,19);1H. The molecule has 1 heterocycles. The predicted octanol–water partition coefficient (Wildman–Crippen LogP) is 2.25. The summed E-state index contributed by atoms with van der Waals surface area (Å²) >= 11 is 0. The molecular weight excluding hydrogens is 407 g/mol. The molecule has 0 spiro atoms. The number of nitrogens with one attached hydrogen (secondary N) is 3. The zero-order chi connectivity index (χ0) is 16.0. The van der Waals surface area contributed by atoms with Crippen molar-refractivity contribution in [1.29, 1.82) is 0 Å². The molecule has 0 aliphatic carbocycles. The molecule has 7 heteroatoms. The summed E-state index contributed by atoms with van der Waals surface area (Å²) in [6.45, 7) is 7.40. The van der Waals surface area contributed by atoms with Crippen molar-refractivity contribution in [3.05, 3.63) is 35.9 Å². The van der Waals surface area contributed by atoms with Gasteiger partial charge in [0.05, 0.1) is 12.6 Å². The minimum atomic E-state index is -0.488. The van der Waals surface area contributed by atoms with Gasteiger partial charge in [0.15, 0.2) is 5.96 Å². The van der Waals surface area contributed by atoms with Gasteiger partial charge in [-0.05, 0) is 26.3 Å². The maximum atomic E-state index is 11.7. The van der Waals surface area contributed by atoms with Gasteiger partial charge in [-0.3, -0.25) is 4.99 Å². The summed E-state index contributed by atoms with van der Waals surface area (Å²) in [5.74, 6) is 0.756. The van der Waals surface area contributed by atoms with Crippen molar-refractivity contribution >= 4 is 36.0 Å². The Bertz CT molecular complexity index is 529. The summed E-state index contributed by atoms with van der Waals surface area (Å²) in [5.41, 5.74) is 0.707. The van der Waals surface area contributed by atoms with Gasteiger partial charge in [-0.1, -0.05) is 30.3 Å². The molecule has 1 aromatic carbocycles. The molecule has 0 aromatic heterocycles. The second kappa shape index (κ2) is 8.95. The first kappa shape index (κ1) is 19.5. The highest BCUT2D eigenvalue weighted by Gasteiger charge is 2.21. The van der Waals surface area contributed by atoms with Crippen molar-refractivity contribution in [3.63, 3.8) is 0 Å². The minimum absolute atomic E-state index is 0. The quantitative estimate of drug-likeness (QED) is 0.641. The lowest BCUT2D eigenvalue weighted by Gasteiger charge is -2.26. The summed E-state index contributed by atoms with van der Waals surface area (Å²) in [6, 6.07) is 10.1. The Labute approximate surface area is 154 Å². The number of nitrogens with zero attached hydrogens (tertiary/aromatic N) is 1. The van der Waals surface area contributed by atoms with Crippen LogP contribution < -0.4 is 16.0 Å². The lowest BCUT2D eigenvalue weighted by atomic mass is 10.2. The maximum Gasteiger partial charge on any atom is 0.407 e. The second-order valence-corrected chi connectivity index (χ2v) is 6.25. The van der Waals surface area contributed by atoms with E-state index >= 15 is 0 Å². The molecule has 1 atom stereocenters. The summed E-state index contributed by atoms with van der Waals surface area (Å²) in [4.78, 5) is 16.1. The van der Waals surface area contributed by atoms with E-state index in [4.69, 9.17) is 4.74 Å². The van der Waals surface area contributed by atoms with E-state index in [1.54, 1.807) is 0 Å². The number of hydrogen-bond acceptors (Lipinski definition) is 5. The number of guanidine groups is 1. The highest BCUT2D eigenvalue weighted by molar-refractivity contribution is 14.0. The Balaban J connectivity index is 0.00000264. The highest BCUT2D eigenvalue weighted by atomic mass is 127. The van der Waals surface area contributed by atoms with E-state index in [2.05, 4.69) is 33.1 Å². The number of aliphatic imine (C=N–C) groups is 1. The third-order valence-corrected chi connectivity index (χ3v) is 3.01. The van der Waals surface area contributed by atoms with Gasteiger partial charge in [-0.2, -0.15) is 0 Å². The molecule has 1 unspecified atom stereocenters. The zero-order valence-electron chi connectivity index (χ0n) is 13.8. The number of amides is 1. The molecule has 0 bridgehead atoms. The third-order valence-electron chi connectivity index (χ3n) is 3.01. The Morgan fingerprint density at radius 1 is 1.35 bits per heavy atom. The van der Waals surface area contributed by atoms with Crippen molar-refractivity contribution in [1.82, 2.24) is 16.0 Å². The van der Waals surface area contributed by atoms with Crippen molar-refractivity contribution in [2.45, 2.75) is 39.0 Å². The number of carbonyl (C=O) groups excluding carboxylic acids is 1. The number of carbonyl (C=O) groups is 1. The first-order chi connectivity index (χ1) is 10.4. The van der Waals surface area contributed by atoms with Crippen LogP contribution in [0, 0.1) is 0 Å². The van der Waals surface area contributed by atoms with Gasteiger partial charge >= 0.3 is 6.09 Å². The smallest absolute Gasteiger partial charge is 0.407 e. The molecule has 0 saturated carbocycles. The summed E-state index contributed by atoms with van der Waals surface area (Å²) < 4.78 is 5.23. The Morgan fingerprint density at radius 2 is 2.04 bits per heavy atom. The third kappa shape index (κ3) is 7.54. The summed E-state index contributed by atoms with van der Waals surface area (Å²) in [7, 11) is 0. The van der Waals surface area contributed by atoms with Crippen LogP contribution in [0.5, 0.6) is 0 Å². The Kier molecular flexibility index (Phi) is 7.60. The fourth-order valence-electron chi connectivity index (χ4n) is 2.01. The van der Waals surface area contributed by atoms with E-state index in [0.717, 1.165) is 12.5 Å². The Morgan fingerprint density at radius 3 is 2.61 bits per heavy atom. The topological polar surface area (TPSA) is 74.8 Å². The lowest BCUT2D eigenvalue weighted by Crippen LogP contribution is -2.52. The van der Waals surface area contributed by atoms with Gasteiger partial charge in [-0.25, -0.2) is 4.79 Å². The van der Waals surface area contributed by atoms with Crippen LogP contribution >= 0.6 is 24.0 Å². The largest absolute Gasteiger partial charge is 0.444 e. The van der Waals surface area contributed by atoms with Crippen LogP contribution in [0.15, 0.2) is 35.3 Å². The summed E-state index contributed by atoms with van der Waals surface area (Å²) in [5, 5.41) is 9.23. The van der Waals surface area contributed by atoms with E-state index < -0.39 is 11.7 Å². The number of rotatable bonds is 3. The van der Waals surface area contributed by atoms with Crippen LogP contribution in [0.25, 0.3) is 0 Å². The normalized spacial score (nSPS) is 17.2. The fraction of sp³-hybridized carbons (Fsp3) is 0.500. The number of ether oxygens (including phenoxy) is 1. The molecule has 23 heavy (non-hydrogen) atoms. The van der Waals surface area contributed by atoms with Gasteiger partial charge in [0, 0.05) is 13.1 Å². The van der Waals surface area contributed by atoms with Gasteiger partial charge in [0.2, 0.25) is 0 Å². The maximum absolute atomic E-state index is 11.7. The number of halogens is 1. The summed E-state index contributed by atoms with van der Waals surface area (Å²) in [6.07, 6.45) is -0.407. The molecule has 1 aromatic rings. The monoisotopic (exact) mass is 432 g/mol. The SMILES string of the molecule is CC(C)(C)OC(=O)NC1CN=C(NCc2ccccc2)NC1.I. The van der Waals surface area contributed by atoms with Gasteiger partial charge in [0.1, 0.15) is 5.60 Å². The van der Waals surface area contributed by atoms with Crippen LogP contribution in [0.4, 0.5) is 4.79 Å². The first-order valence-corrected chi connectivity index (χ1v) is 7.48. The van der Waals surface area contributed by atoms with E-state index in [1.165, 1.54) is 5.56 Å². The van der Waals surface area contributed by atoms with Gasteiger partial charge in [0.25, 0.3) is 0 Å². The number of hydrogen-bond donors (Lipinski definition) is 3. The van der Waals surface area contributed by atoms with Crippen LogP contribution in [0.3, 0.4) is 0 Å². The average molecular weight is 432 g/mol. The second-order valence-electron chi connectivity index (χ2n) is 6.25. The molecule has 0 saturated heterocycles. The van der Waals surface area contributed by atoms with E-state index in [1.807, 2.05) is 39.0 Å². The molecule has 1 amide bonds. The van der Waals surface area contributed by atoms with Crippen molar-refractivity contribution in [3.8, 4) is 0 Å². The number of benzene rings is 1. The first-order valence-electron chi connectivity index (χ1n) is 7.48. The molecule has 0 radical (unpaired) electrons. The molecule has 2 rings (SSSR count). The average Bonchev–Trinajstić information content (AvgIpc) is 2.45. The zero-order valence-corrected chi connectivity index (χ0v) is 16.1. The lowest BCUT2D eigenvalue weighted by molar-refractivity contribution is 0.0505. The van der Waals surface area contributed by atoms with E-state index in [0.29, 0.717) is 13.1 Å². The van der Waals surface area contributed by atoms with Crippen LogP contribution in [-0.2, 0) is 11.3 Å². The van der Waals surface area contributed by atoms with Crippen molar-refractivity contribution in [2.24, 2.45) is 4.99 Å². The Hall–Kier alpha value is -1.51. The minimum Gasteiger partial charge on any atom is -0.444 e. The van der Waals surface area contributed by atoms with E-state index in [9.17, 15) is 4.79 Å². The van der Waals surface area contributed by atoms with Crippen LogP contribution in [0.2, 0.25) is 0 Å². The molecule has 1 aliphatic rings. The van der Waals surface area contributed by atoms with Crippen molar-refractivity contribution < 1.29 is 9.53 Å². The number of alkyl carbamates (subject to hydrolysis) is 1. The van der Waals surface area contributed by atoms with Gasteiger partial charge in [-0.15, -0.1) is 24.0 Å². The molecule has 128 valence electrons. The van der Waals surface area contributed by atoms with Gasteiger partial charge < -0.3 is 20.7 Å². The molecule has 0 fully saturated rings. The molecule has 3 N–H and O–H groups in total. The fourth-order valence-corrected chi connectivity index (χ4v) is 2.01. The van der Waals surface area contributed by atoms with Crippen LogP contribution in [0.1, 0.15) is 26.3 Å². The highest BCUT2D eigenvalue weighted by Crippen LogP contribution is 2.07. The molecular formula is C16H25IN4O2. The molecule has 6 nitrogen and oxygen atoms in total.